The molecule has 0 unspecified atom stereocenters. The Bertz CT molecular complexity index is 720. The van der Waals surface area contributed by atoms with E-state index in [0.29, 0.717) is 36.1 Å². The molecule has 2 atom stereocenters. The summed E-state index contributed by atoms with van der Waals surface area (Å²) in [5, 5.41) is 15.0. The predicted molar refractivity (Wildman–Crippen MR) is 94.3 cm³/mol. The van der Waals surface area contributed by atoms with Crippen molar-refractivity contribution >= 4 is 22.3 Å². The van der Waals surface area contributed by atoms with Gasteiger partial charge in [-0.25, -0.2) is 0 Å². The zero-order valence-corrected chi connectivity index (χ0v) is 13.9. The smallest absolute Gasteiger partial charge is 0.278 e. The Hall–Kier alpha value is -2.21. The standard InChI is InChI=1S/C18H23N3O3/c1-13-5-2-3-7-17(13)24-12-11-19-15-8-9-16(21(22)23)14-6-4-10-20-18(14)15/h4,6,8-10,13,17,19H,2-3,5,7,11-12H2,1H3/t13-,17+/m1/s1. The maximum atomic E-state index is 11.1. The molecule has 0 radical (unpaired) electrons. The molecule has 1 heterocycles. The molecule has 1 aliphatic rings. The van der Waals surface area contributed by atoms with Crippen molar-refractivity contribution in [2.45, 2.75) is 38.7 Å². The second-order valence-electron chi connectivity index (χ2n) is 6.39. The lowest BCUT2D eigenvalue weighted by atomic mass is 9.88. The molecule has 6 nitrogen and oxygen atoms in total. The van der Waals surface area contributed by atoms with Gasteiger partial charge in [0.05, 0.1) is 28.7 Å². The summed E-state index contributed by atoms with van der Waals surface area (Å²) in [6.45, 7) is 3.54. The van der Waals surface area contributed by atoms with Crippen LogP contribution in [-0.2, 0) is 4.74 Å². The van der Waals surface area contributed by atoms with Gasteiger partial charge in [-0.1, -0.05) is 19.8 Å². The van der Waals surface area contributed by atoms with E-state index in [9.17, 15) is 10.1 Å². The topological polar surface area (TPSA) is 77.3 Å². The van der Waals surface area contributed by atoms with Crippen molar-refractivity contribution in [1.29, 1.82) is 0 Å². The summed E-state index contributed by atoms with van der Waals surface area (Å²) in [6.07, 6.45) is 6.95. The van der Waals surface area contributed by atoms with E-state index in [-0.39, 0.29) is 10.6 Å². The maximum absolute atomic E-state index is 11.1. The van der Waals surface area contributed by atoms with Crippen LogP contribution in [0.2, 0.25) is 0 Å². The van der Waals surface area contributed by atoms with E-state index in [0.717, 1.165) is 12.1 Å². The first kappa shape index (κ1) is 16.6. The third kappa shape index (κ3) is 3.64. The highest BCUT2D eigenvalue weighted by molar-refractivity contribution is 5.96. The van der Waals surface area contributed by atoms with E-state index < -0.39 is 0 Å². The highest BCUT2D eigenvalue weighted by atomic mass is 16.6. The number of pyridine rings is 1. The molecule has 1 saturated carbocycles. The fourth-order valence-corrected chi connectivity index (χ4v) is 3.39. The number of rotatable bonds is 6. The van der Waals surface area contributed by atoms with Gasteiger partial charge in [-0.15, -0.1) is 0 Å². The lowest BCUT2D eigenvalue weighted by molar-refractivity contribution is -0.383. The lowest BCUT2D eigenvalue weighted by Gasteiger charge is -2.28. The van der Waals surface area contributed by atoms with Crippen molar-refractivity contribution in [3.05, 3.63) is 40.6 Å². The van der Waals surface area contributed by atoms with Gasteiger partial charge in [0.1, 0.15) is 5.52 Å². The summed E-state index contributed by atoms with van der Waals surface area (Å²) >= 11 is 0. The van der Waals surface area contributed by atoms with Crippen molar-refractivity contribution in [3.63, 3.8) is 0 Å². The number of fused-ring (bicyclic) bond motifs is 1. The fraction of sp³-hybridized carbons (Fsp3) is 0.500. The van der Waals surface area contributed by atoms with Crippen LogP contribution in [0.1, 0.15) is 32.6 Å². The quantitative estimate of drug-likeness (QED) is 0.489. The fourth-order valence-electron chi connectivity index (χ4n) is 3.39. The van der Waals surface area contributed by atoms with Crippen LogP contribution in [0.25, 0.3) is 10.9 Å². The van der Waals surface area contributed by atoms with Gasteiger partial charge < -0.3 is 10.1 Å². The van der Waals surface area contributed by atoms with Gasteiger partial charge in [0, 0.05) is 18.8 Å². The van der Waals surface area contributed by atoms with E-state index in [2.05, 4.69) is 17.2 Å². The predicted octanol–water partition coefficient (Wildman–Crippen LogP) is 4.15. The minimum absolute atomic E-state index is 0.0796. The summed E-state index contributed by atoms with van der Waals surface area (Å²) in [5.74, 6) is 0.626. The summed E-state index contributed by atoms with van der Waals surface area (Å²) < 4.78 is 6.00. The molecule has 1 fully saturated rings. The first-order valence-electron chi connectivity index (χ1n) is 8.54. The van der Waals surface area contributed by atoms with Crippen LogP contribution < -0.4 is 5.32 Å². The first-order valence-corrected chi connectivity index (χ1v) is 8.54. The molecule has 0 spiro atoms. The van der Waals surface area contributed by atoms with Crippen LogP contribution in [0, 0.1) is 16.0 Å². The summed E-state index contributed by atoms with van der Waals surface area (Å²) in [5.41, 5.74) is 1.50. The number of hydrogen-bond donors (Lipinski definition) is 1. The zero-order valence-electron chi connectivity index (χ0n) is 13.9. The van der Waals surface area contributed by atoms with E-state index >= 15 is 0 Å². The molecule has 2 aromatic rings. The number of hydrogen-bond acceptors (Lipinski definition) is 5. The molecule has 128 valence electrons. The van der Waals surface area contributed by atoms with Gasteiger partial charge in [-0.2, -0.15) is 0 Å². The third-order valence-electron chi connectivity index (χ3n) is 4.73. The molecular formula is C18H23N3O3. The van der Waals surface area contributed by atoms with Gasteiger partial charge in [-0.05, 0) is 37.0 Å². The van der Waals surface area contributed by atoms with Gasteiger partial charge >= 0.3 is 0 Å². The van der Waals surface area contributed by atoms with Crippen molar-refractivity contribution in [1.82, 2.24) is 4.98 Å². The number of nitro benzene ring substituents is 1. The van der Waals surface area contributed by atoms with Gasteiger partial charge in [-0.3, -0.25) is 15.1 Å². The van der Waals surface area contributed by atoms with Crippen molar-refractivity contribution < 1.29 is 9.66 Å². The number of nitrogens with zero attached hydrogens (tertiary/aromatic N) is 2. The molecule has 1 aromatic carbocycles. The zero-order chi connectivity index (χ0) is 16.9. The number of nitro groups is 1. The second-order valence-corrected chi connectivity index (χ2v) is 6.39. The minimum Gasteiger partial charge on any atom is -0.381 e. The number of non-ortho nitro benzene ring substituents is 1. The minimum atomic E-state index is -0.374. The van der Waals surface area contributed by atoms with Crippen molar-refractivity contribution in [2.24, 2.45) is 5.92 Å². The average molecular weight is 329 g/mol. The monoisotopic (exact) mass is 329 g/mol. The number of benzene rings is 1. The molecule has 3 rings (SSSR count). The Morgan fingerprint density at radius 1 is 1.33 bits per heavy atom. The van der Waals surface area contributed by atoms with Crippen molar-refractivity contribution in [3.8, 4) is 0 Å². The Labute approximate surface area is 141 Å². The number of nitrogens with one attached hydrogen (secondary N) is 1. The largest absolute Gasteiger partial charge is 0.381 e. The Morgan fingerprint density at radius 2 is 2.17 bits per heavy atom. The second kappa shape index (κ2) is 7.57. The molecule has 1 aromatic heterocycles. The van der Waals surface area contributed by atoms with E-state index in [1.54, 1.807) is 24.4 Å². The van der Waals surface area contributed by atoms with Crippen molar-refractivity contribution in [2.75, 3.05) is 18.5 Å². The van der Waals surface area contributed by atoms with Crippen LogP contribution in [0.15, 0.2) is 30.5 Å². The molecular weight excluding hydrogens is 306 g/mol. The van der Waals surface area contributed by atoms with Crippen LogP contribution in [0.3, 0.4) is 0 Å². The Balaban J connectivity index is 1.63. The molecule has 0 amide bonds. The number of anilines is 1. The van der Waals surface area contributed by atoms with Gasteiger partial charge in [0.15, 0.2) is 0 Å². The van der Waals surface area contributed by atoms with Gasteiger partial charge in [0.25, 0.3) is 5.69 Å². The molecule has 1 aliphatic carbocycles. The SMILES string of the molecule is C[C@@H]1CCCC[C@@H]1OCCNc1ccc([N+](=O)[O-])c2cccnc12. The van der Waals surface area contributed by atoms with Crippen LogP contribution >= 0.6 is 0 Å². The first-order chi connectivity index (χ1) is 11.7. The highest BCUT2D eigenvalue weighted by Gasteiger charge is 2.21. The number of ether oxygens (including phenoxy) is 1. The lowest BCUT2D eigenvalue weighted by Crippen LogP contribution is -2.27. The van der Waals surface area contributed by atoms with Gasteiger partial charge in [0.2, 0.25) is 0 Å². The van der Waals surface area contributed by atoms with Crippen LogP contribution in [0.5, 0.6) is 0 Å². The molecule has 0 saturated heterocycles. The van der Waals surface area contributed by atoms with Crippen LogP contribution in [-0.4, -0.2) is 29.2 Å². The normalized spacial score (nSPS) is 20.9. The summed E-state index contributed by atoms with van der Waals surface area (Å²) in [4.78, 5) is 15.1. The number of aromatic nitrogens is 1. The van der Waals surface area contributed by atoms with Crippen LogP contribution in [0.4, 0.5) is 11.4 Å². The Morgan fingerprint density at radius 3 is 2.96 bits per heavy atom. The molecule has 6 heteroatoms. The van der Waals surface area contributed by atoms with E-state index in [4.69, 9.17) is 4.74 Å². The summed E-state index contributed by atoms with van der Waals surface area (Å²) in [6, 6.07) is 6.69. The van der Waals surface area contributed by atoms with E-state index in [1.807, 2.05) is 0 Å². The molecule has 0 bridgehead atoms. The summed E-state index contributed by atoms with van der Waals surface area (Å²) in [7, 11) is 0. The molecule has 1 N–H and O–H groups in total. The molecule has 24 heavy (non-hydrogen) atoms. The van der Waals surface area contributed by atoms with E-state index in [1.165, 1.54) is 25.3 Å². The molecule has 0 aliphatic heterocycles. The maximum Gasteiger partial charge on any atom is 0.278 e. The average Bonchev–Trinajstić information content (AvgIpc) is 2.59. The Kier molecular flexibility index (Phi) is 5.25. The third-order valence-corrected chi connectivity index (χ3v) is 4.73. The highest BCUT2D eigenvalue weighted by Crippen LogP contribution is 2.30.